The summed E-state index contributed by atoms with van der Waals surface area (Å²) in [4.78, 5) is 14.6. The predicted molar refractivity (Wildman–Crippen MR) is 80.2 cm³/mol. The number of hydrogen-bond acceptors (Lipinski definition) is 3. The second-order valence-electron chi connectivity index (χ2n) is 4.52. The maximum absolute atomic E-state index is 11.9. The number of aromatic nitrogens is 1. The summed E-state index contributed by atoms with van der Waals surface area (Å²) in [5, 5.41) is 3.49. The van der Waals surface area contributed by atoms with Crippen molar-refractivity contribution in [3.63, 3.8) is 0 Å². The van der Waals surface area contributed by atoms with Gasteiger partial charge >= 0.3 is 0 Å². The van der Waals surface area contributed by atoms with Crippen LogP contribution in [0.1, 0.15) is 11.3 Å². The Hall–Kier alpha value is -2.72. The Morgan fingerprint density at radius 2 is 2.05 bits per heavy atom. The molecule has 1 aromatic carbocycles. The highest BCUT2D eigenvalue weighted by Crippen LogP contribution is 2.14. The highest BCUT2D eigenvalue weighted by molar-refractivity contribution is 5.28. The number of benzene rings is 1. The van der Waals surface area contributed by atoms with Gasteiger partial charge in [0.15, 0.2) is 5.75 Å². The van der Waals surface area contributed by atoms with E-state index in [4.69, 9.17) is 10.3 Å². The van der Waals surface area contributed by atoms with Crippen LogP contribution in [0, 0.1) is 6.92 Å². The zero-order valence-corrected chi connectivity index (χ0v) is 11.8. The van der Waals surface area contributed by atoms with E-state index >= 15 is 0 Å². The quantitative estimate of drug-likeness (QED) is 0.464. The van der Waals surface area contributed by atoms with Gasteiger partial charge in [-0.2, -0.15) is 0 Å². The summed E-state index contributed by atoms with van der Waals surface area (Å²) in [6.07, 6.45) is 1.68. The zero-order chi connectivity index (χ0) is 15.1. The molecule has 0 radical (unpaired) electrons. The van der Waals surface area contributed by atoms with Crippen molar-refractivity contribution in [2.24, 2.45) is 5.11 Å². The van der Waals surface area contributed by atoms with Crippen LogP contribution in [0.4, 0.5) is 0 Å². The van der Waals surface area contributed by atoms with Crippen molar-refractivity contribution in [2.45, 2.75) is 20.1 Å². The van der Waals surface area contributed by atoms with Gasteiger partial charge in [0, 0.05) is 30.3 Å². The third-order valence-corrected chi connectivity index (χ3v) is 3.12. The molecule has 108 valence electrons. The summed E-state index contributed by atoms with van der Waals surface area (Å²) in [6, 6.07) is 11.1. The highest BCUT2D eigenvalue weighted by Gasteiger charge is 2.08. The first kappa shape index (κ1) is 14.7. The Morgan fingerprint density at radius 1 is 1.29 bits per heavy atom. The summed E-state index contributed by atoms with van der Waals surface area (Å²) in [6.45, 7) is 3.01. The minimum atomic E-state index is -0.150. The standard InChI is InChI=1S/C15H16N4O2/c1-12-15(21-11-13-5-3-2-4-6-13)14(20)7-9-19(12)10-8-17-18-16/h2-7,9H,8,10-11H2,1H3. The monoisotopic (exact) mass is 284 g/mol. The van der Waals surface area contributed by atoms with Gasteiger partial charge in [-0.15, -0.1) is 0 Å². The van der Waals surface area contributed by atoms with Gasteiger partial charge in [-0.05, 0) is 18.0 Å². The van der Waals surface area contributed by atoms with E-state index in [0.29, 0.717) is 25.4 Å². The fourth-order valence-electron chi connectivity index (χ4n) is 2.00. The fraction of sp³-hybridized carbons (Fsp3) is 0.267. The molecule has 6 nitrogen and oxygen atoms in total. The minimum Gasteiger partial charge on any atom is -0.483 e. The molecule has 0 atom stereocenters. The van der Waals surface area contributed by atoms with Crippen molar-refractivity contribution < 1.29 is 4.74 Å². The molecule has 0 aliphatic carbocycles. The fourth-order valence-corrected chi connectivity index (χ4v) is 2.00. The lowest BCUT2D eigenvalue weighted by atomic mass is 10.2. The Kier molecular flexibility index (Phi) is 5.01. The Labute approximate surface area is 122 Å². The highest BCUT2D eigenvalue weighted by atomic mass is 16.5. The molecule has 21 heavy (non-hydrogen) atoms. The summed E-state index contributed by atoms with van der Waals surface area (Å²) >= 11 is 0. The van der Waals surface area contributed by atoms with E-state index < -0.39 is 0 Å². The Bertz CT molecular complexity index is 703. The lowest BCUT2D eigenvalue weighted by Gasteiger charge is -2.14. The van der Waals surface area contributed by atoms with Crippen LogP contribution in [0.5, 0.6) is 5.75 Å². The molecule has 0 spiro atoms. The maximum atomic E-state index is 11.9. The molecule has 0 saturated carbocycles. The van der Waals surface area contributed by atoms with Gasteiger partial charge < -0.3 is 9.30 Å². The summed E-state index contributed by atoms with van der Waals surface area (Å²) in [7, 11) is 0. The Morgan fingerprint density at radius 3 is 2.76 bits per heavy atom. The molecule has 6 heteroatoms. The van der Waals surface area contributed by atoms with E-state index in [0.717, 1.165) is 11.3 Å². The van der Waals surface area contributed by atoms with Gasteiger partial charge in [-0.1, -0.05) is 35.4 Å². The predicted octanol–water partition coefficient (Wildman–Crippen LogP) is 3.05. The van der Waals surface area contributed by atoms with Gasteiger partial charge in [0.1, 0.15) is 6.61 Å². The van der Waals surface area contributed by atoms with E-state index in [2.05, 4.69) is 10.0 Å². The van der Waals surface area contributed by atoms with E-state index in [-0.39, 0.29) is 5.43 Å². The lowest BCUT2D eigenvalue weighted by molar-refractivity contribution is 0.297. The lowest BCUT2D eigenvalue weighted by Crippen LogP contribution is -2.15. The molecule has 0 unspecified atom stereocenters. The number of ether oxygens (including phenoxy) is 1. The van der Waals surface area contributed by atoms with Crippen molar-refractivity contribution in [2.75, 3.05) is 6.54 Å². The average molecular weight is 284 g/mol. The third-order valence-electron chi connectivity index (χ3n) is 3.12. The van der Waals surface area contributed by atoms with Gasteiger partial charge in [0.05, 0.1) is 5.69 Å². The first-order valence-electron chi connectivity index (χ1n) is 6.60. The summed E-state index contributed by atoms with van der Waals surface area (Å²) < 4.78 is 7.51. The van der Waals surface area contributed by atoms with Crippen LogP contribution in [0.3, 0.4) is 0 Å². The normalized spacial score (nSPS) is 9.95. The molecule has 2 aromatic rings. The number of azide groups is 1. The molecule has 0 fully saturated rings. The molecular formula is C15H16N4O2. The van der Waals surface area contributed by atoms with Crippen LogP contribution in [0.15, 0.2) is 52.5 Å². The van der Waals surface area contributed by atoms with Crippen LogP contribution >= 0.6 is 0 Å². The van der Waals surface area contributed by atoms with E-state index in [1.165, 1.54) is 6.07 Å². The molecule has 0 saturated heterocycles. The SMILES string of the molecule is Cc1c(OCc2ccccc2)c(=O)ccn1CCN=[N+]=[N-]. The van der Waals surface area contributed by atoms with Crippen molar-refractivity contribution in [3.05, 3.63) is 74.5 Å². The van der Waals surface area contributed by atoms with E-state index in [1.54, 1.807) is 6.20 Å². The molecule has 1 heterocycles. The average Bonchev–Trinajstić information content (AvgIpc) is 2.50. The van der Waals surface area contributed by atoms with Crippen LogP contribution in [-0.2, 0) is 13.2 Å². The van der Waals surface area contributed by atoms with Crippen LogP contribution < -0.4 is 10.2 Å². The van der Waals surface area contributed by atoms with Crippen molar-refractivity contribution in [1.82, 2.24) is 4.57 Å². The molecule has 0 aliphatic heterocycles. The number of hydrogen-bond donors (Lipinski definition) is 0. The van der Waals surface area contributed by atoms with Gasteiger partial charge in [-0.25, -0.2) is 0 Å². The molecule has 1 aromatic heterocycles. The molecule has 0 amide bonds. The van der Waals surface area contributed by atoms with Crippen molar-refractivity contribution >= 4 is 0 Å². The number of rotatable bonds is 6. The maximum Gasteiger partial charge on any atom is 0.223 e. The van der Waals surface area contributed by atoms with Crippen LogP contribution in [0.25, 0.3) is 10.4 Å². The van der Waals surface area contributed by atoms with Crippen LogP contribution in [-0.4, -0.2) is 11.1 Å². The molecule has 0 bridgehead atoms. The molecular weight excluding hydrogens is 268 g/mol. The van der Waals surface area contributed by atoms with Crippen molar-refractivity contribution in [1.29, 1.82) is 0 Å². The second-order valence-corrected chi connectivity index (χ2v) is 4.52. The Balaban J connectivity index is 2.16. The van der Waals surface area contributed by atoms with Gasteiger partial charge in [0.25, 0.3) is 0 Å². The summed E-state index contributed by atoms with van der Waals surface area (Å²) in [5.74, 6) is 0.335. The van der Waals surface area contributed by atoms with Gasteiger partial charge in [0.2, 0.25) is 5.43 Å². The van der Waals surface area contributed by atoms with E-state index in [9.17, 15) is 4.79 Å². The number of nitrogens with zero attached hydrogens (tertiary/aromatic N) is 4. The largest absolute Gasteiger partial charge is 0.483 e. The van der Waals surface area contributed by atoms with Crippen LogP contribution in [0.2, 0.25) is 0 Å². The zero-order valence-electron chi connectivity index (χ0n) is 11.8. The van der Waals surface area contributed by atoms with Crippen molar-refractivity contribution in [3.8, 4) is 5.75 Å². The topological polar surface area (TPSA) is 80.0 Å². The molecule has 0 N–H and O–H groups in total. The number of pyridine rings is 1. The smallest absolute Gasteiger partial charge is 0.223 e. The van der Waals surface area contributed by atoms with Gasteiger partial charge in [-0.3, -0.25) is 4.79 Å². The second kappa shape index (κ2) is 7.17. The summed E-state index contributed by atoms with van der Waals surface area (Å²) in [5.41, 5.74) is 9.88. The third kappa shape index (κ3) is 3.87. The minimum absolute atomic E-state index is 0.150. The van der Waals surface area contributed by atoms with E-state index in [1.807, 2.05) is 41.8 Å². The molecule has 2 rings (SSSR count). The first-order chi connectivity index (χ1) is 10.2. The first-order valence-corrected chi connectivity index (χ1v) is 6.60. The molecule has 0 aliphatic rings.